The quantitative estimate of drug-likeness (QED) is 0.377. The predicted octanol–water partition coefficient (Wildman–Crippen LogP) is -3.28. The smallest absolute Gasteiger partial charge is 0.210 e. The first-order valence-corrected chi connectivity index (χ1v) is 7.10. The molecule has 2 atom stereocenters. The Balaban J connectivity index is 4.35. The maximum absolute atomic E-state index is 10.6. The van der Waals surface area contributed by atoms with Gasteiger partial charge in [-0.15, -0.1) is 0 Å². The lowest BCUT2D eigenvalue weighted by Gasteiger charge is -2.17. The first-order chi connectivity index (χ1) is 6.01. The van der Waals surface area contributed by atoms with E-state index < -0.39 is 32.5 Å². The number of hydrogen-bond acceptors (Lipinski definition) is 6. The van der Waals surface area contributed by atoms with E-state index in [1.165, 1.54) is 0 Å². The Bertz CT molecular complexity index is 335. The Labute approximate surface area is 82.0 Å². The van der Waals surface area contributed by atoms with Crippen LogP contribution in [0, 0.1) is 0 Å². The van der Waals surface area contributed by atoms with Gasteiger partial charge in [0.25, 0.3) is 0 Å². The van der Waals surface area contributed by atoms with Crippen LogP contribution in [0.1, 0.15) is 0 Å². The highest BCUT2D eigenvalue weighted by Gasteiger charge is 2.22. The van der Waals surface area contributed by atoms with Gasteiger partial charge in [-0.3, -0.25) is 0 Å². The Morgan fingerprint density at radius 2 is 1.07 bits per heavy atom. The van der Waals surface area contributed by atoms with Gasteiger partial charge in [0.05, 0.1) is 12.5 Å². The summed E-state index contributed by atoms with van der Waals surface area (Å²) >= 11 is 0. The molecule has 8 nitrogen and oxygen atoms in total. The van der Waals surface area contributed by atoms with E-state index in [1.54, 1.807) is 9.44 Å². The summed E-state index contributed by atoms with van der Waals surface area (Å²) in [6, 6.07) is 0. The van der Waals surface area contributed by atoms with Gasteiger partial charge in [-0.2, -0.15) is 9.44 Å². The summed E-state index contributed by atoms with van der Waals surface area (Å²) in [7, 11) is -7.44. The molecule has 0 aromatic heterocycles. The molecule has 10 heteroatoms. The second-order valence-electron chi connectivity index (χ2n) is 2.67. The van der Waals surface area contributed by atoms with E-state index >= 15 is 0 Å². The van der Waals surface area contributed by atoms with E-state index in [0.717, 1.165) is 12.5 Å². The van der Waals surface area contributed by atoms with E-state index in [9.17, 15) is 16.8 Å². The van der Waals surface area contributed by atoms with Crippen LogP contribution in [-0.4, -0.2) is 52.0 Å². The van der Waals surface area contributed by atoms with Crippen LogP contribution in [0.4, 0.5) is 0 Å². The van der Waals surface area contributed by atoms with Crippen molar-refractivity contribution >= 4 is 20.0 Å². The van der Waals surface area contributed by atoms with E-state index in [-0.39, 0.29) is 0 Å². The number of hydrogen-bond donors (Lipinski definition) is 4. The topological polar surface area (TPSA) is 133 Å². The maximum atomic E-state index is 10.6. The molecule has 0 fully saturated rings. The van der Waals surface area contributed by atoms with Crippen molar-refractivity contribution in [3.63, 3.8) is 0 Å². The number of aliphatic hydroxyl groups excluding tert-OH is 2. The van der Waals surface area contributed by atoms with Crippen molar-refractivity contribution < 1.29 is 27.0 Å². The van der Waals surface area contributed by atoms with Crippen molar-refractivity contribution in [1.82, 2.24) is 9.44 Å². The minimum absolute atomic E-state index is 0.753. The lowest BCUT2D eigenvalue weighted by atomic mass is 10.5. The summed E-state index contributed by atoms with van der Waals surface area (Å²) in [6.07, 6.45) is -2.35. The van der Waals surface area contributed by atoms with E-state index in [1.807, 2.05) is 0 Å². The zero-order chi connectivity index (χ0) is 11.6. The van der Waals surface area contributed by atoms with Crippen LogP contribution in [0.2, 0.25) is 0 Å². The summed E-state index contributed by atoms with van der Waals surface area (Å²) in [6.45, 7) is 0. The number of nitrogens with one attached hydrogen (secondary N) is 2. The number of sulfonamides is 2. The molecule has 0 saturated carbocycles. The minimum Gasteiger partial charge on any atom is -0.373 e. The van der Waals surface area contributed by atoms with Crippen LogP contribution in [0.25, 0.3) is 0 Å². The van der Waals surface area contributed by atoms with Gasteiger partial charge in [0, 0.05) is 0 Å². The van der Waals surface area contributed by atoms with Crippen LogP contribution in [-0.2, 0) is 20.0 Å². The number of rotatable bonds is 5. The van der Waals surface area contributed by atoms with Gasteiger partial charge >= 0.3 is 0 Å². The summed E-state index contributed by atoms with van der Waals surface area (Å²) in [5, 5.41) is 17.9. The molecule has 0 aliphatic carbocycles. The van der Waals surface area contributed by atoms with Crippen molar-refractivity contribution in [2.24, 2.45) is 0 Å². The molecule has 86 valence electrons. The fraction of sp³-hybridized carbons (Fsp3) is 1.00. The third kappa shape index (κ3) is 7.17. The molecule has 0 bridgehead atoms. The lowest BCUT2D eigenvalue weighted by molar-refractivity contribution is 0.00668. The molecule has 0 aliphatic rings. The van der Waals surface area contributed by atoms with Gasteiger partial charge in [0.2, 0.25) is 20.0 Å². The largest absolute Gasteiger partial charge is 0.373 e. The molecule has 0 saturated heterocycles. The zero-order valence-corrected chi connectivity index (χ0v) is 9.13. The van der Waals surface area contributed by atoms with Gasteiger partial charge in [-0.05, 0) is 0 Å². The van der Waals surface area contributed by atoms with Gasteiger partial charge in [0.1, 0.15) is 0 Å². The van der Waals surface area contributed by atoms with Crippen molar-refractivity contribution in [1.29, 1.82) is 0 Å². The lowest BCUT2D eigenvalue weighted by Crippen LogP contribution is -2.51. The Kier molecular flexibility index (Phi) is 4.42. The molecule has 14 heavy (non-hydrogen) atoms. The third-order valence-corrected chi connectivity index (χ3v) is 2.31. The minimum atomic E-state index is -3.72. The molecule has 0 radical (unpaired) electrons. The van der Waals surface area contributed by atoms with Gasteiger partial charge in [-0.25, -0.2) is 16.8 Å². The van der Waals surface area contributed by atoms with E-state index in [4.69, 9.17) is 10.2 Å². The van der Waals surface area contributed by atoms with Crippen molar-refractivity contribution in [3.05, 3.63) is 0 Å². The Morgan fingerprint density at radius 3 is 1.21 bits per heavy atom. The van der Waals surface area contributed by atoms with Crippen LogP contribution < -0.4 is 9.44 Å². The highest BCUT2D eigenvalue weighted by Crippen LogP contribution is 1.90. The highest BCUT2D eigenvalue weighted by molar-refractivity contribution is 7.89. The van der Waals surface area contributed by atoms with Gasteiger partial charge in [-0.1, -0.05) is 0 Å². The molecule has 0 aromatic carbocycles. The molecule has 0 heterocycles. The molecule has 0 aromatic rings. The predicted molar refractivity (Wildman–Crippen MR) is 48.0 cm³/mol. The standard InChI is InChI=1S/C4H12N2O6S2/c1-13(9,10)5-3(7)4(8)6-14(2,11)12/h3-8H,1-2H3. The first kappa shape index (κ1) is 13.7. The first-order valence-electron chi connectivity index (χ1n) is 3.32. The normalized spacial score (nSPS) is 17.7. The van der Waals surface area contributed by atoms with Gasteiger partial charge in [0.15, 0.2) is 12.5 Å². The average molecular weight is 248 g/mol. The van der Waals surface area contributed by atoms with Crippen LogP contribution in [0.15, 0.2) is 0 Å². The molecule has 0 spiro atoms. The van der Waals surface area contributed by atoms with E-state index in [2.05, 4.69) is 0 Å². The second kappa shape index (κ2) is 4.51. The van der Waals surface area contributed by atoms with Crippen molar-refractivity contribution in [3.8, 4) is 0 Å². The zero-order valence-electron chi connectivity index (χ0n) is 7.50. The monoisotopic (exact) mass is 248 g/mol. The summed E-state index contributed by atoms with van der Waals surface area (Å²) in [4.78, 5) is 0. The highest BCUT2D eigenvalue weighted by atomic mass is 32.2. The fourth-order valence-corrected chi connectivity index (χ4v) is 1.70. The van der Waals surface area contributed by atoms with E-state index in [0.29, 0.717) is 0 Å². The van der Waals surface area contributed by atoms with Crippen LogP contribution in [0.5, 0.6) is 0 Å². The van der Waals surface area contributed by atoms with Crippen LogP contribution >= 0.6 is 0 Å². The molecule has 0 amide bonds. The molecular formula is C4H12N2O6S2. The molecule has 4 N–H and O–H groups in total. The average Bonchev–Trinajstić information content (AvgIpc) is 1.78. The summed E-state index contributed by atoms with van der Waals surface area (Å²) < 4.78 is 45.4. The molecule has 0 rings (SSSR count). The second-order valence-corrected chi connectivity index (χ2v) is 6.23. The Morgan fingerprint density at radius 1 is 0.857 bits per heavy atom. The van der Waals surface area contributed by atoms with Gasteiger partial charge < -0.3 is 10.2 Å². The molecule has 0 aliphatic heterocycles. The third-order valence-electron chi connectivity index (χ3n) is 0.969. The molecule has 2 unspecified atom stereocenters. The SMILES string of the molecule is CS(=O)(=O)NC(O)C(O)NS(C)(=O)=O. The van der Waals surface area contributed by atoms with Crippen molar-refractivity contribution in [2.75, 3.05) is 12.5 Å². The number of aliphatic hydroxyl groups is 2. The maximum Gasteiger partial charge on any atom is 0.210 e. The van der Waals surface area contributed by atoms with Crippen LogP contribution in [0.3, 0.4) is 0 Å². The molecular weight excluding hydrogens is 236 g/mol. The summed E-state index contributed by atoms with van der Waals surface area (Å²) in [5.41, 5.74) is 0. The Hall–Kier alpha value is -0.260. The van der Waals surface area contributed by atoms with Crippen molar-refractivity contribution in [2.45, 2.75) is 12.5 Å². The fourth-order valence-electron chi connectivity index (χ4n) is 0.568. The summed E-state index contributed by atoms with van der Waals surface area (Å²) in [5.74, 6) is 0.